The van der Waals surface area contributed by atoms with Gasteiger partial charge in [-0.05, 0) is 0 Å². The van der Waals surface area contributed by atoms with Gasteiger partial charge in [-0.15, -0.1) is 0 Å². The van der Waals surface area contributed by atoms with E-state index < -0.39 is 21.6 Å². The zero-order valence-electron chi connectivity index (χ0n) is 12.2. The molecule has 0 amide bonds. The summed E-state index contributed by atoms with van der Waals surface area (Å²) in [6.45, 7) is 0.980. The second-order valence-electron chi connectivity index (χ2n) is 4.79. The molecule has 2 rings (SSSR count). The van der Waals surface area contributed by atoms with Gasteiger partial charge in [0.05, 0.1) is 0 Å². The van der Waals surface area contributed by atoms with Crippen LogP contribution in [0, 0.1) is 0 Å². The van der Waals surface area contributed by atoms with Gasteiger partial charge in [0.2, 0.25) is 0 Å². The van der Waals surface area contributed by atoms with Crippen LogP contribution >= 0.6 is 0 Å². The normalized spacial score (nSPS) is 23.1. The Morgan fingerprint density at radius 2 is 1.75 bits per heavy atom. The molecule has 0 radical (unpaired) electrons. The van der Waals surface area contributed by atoms with Gasteiger partial charge in [-0.1, -0.05) is 0 Å². The first-order valence-electron chi connectivity index (χ1n) is 6.43. The number of methoxy groups -OCH3 is 3. The number of rotatable bonds is 5. The molecular weight excluding hydrogens is 373 g/mol. The van der Waals surface area contributed by atoms with Crippen LogP contribution in [0.3, 0.4) is 0 Å². The van der Waals surface area contributed by atoms with Crippen molar-refractivity contribution in [1.29, 1.82) is 0 Å². The van der Waals surface area contributed by atoms with Crippen LogP contribution in [0.4, 0.5) is 0 Å². The molecule has 5 nitrogen and oxygen atoms in total. The van der Waals surface area contributed by atoms with Gasteiger partial charge < -0.3 is 0 Å². The Morgan fingerprint density at radius 1 is 1.15 bits per heavy atom. The molecule has 1 fully saturated rings. The summed E-state index contributed by atoms with van der Waals surface area (Å²) in [6, 6.07) is 3.76. The SMILES string of the molecule is COc1cc(OC)c([C@@H]2CCN(C)[C@H]2[I-]O)c(OC)c1. The van der Waals surface area contributed by atoms with Crippen molar-refractivity contribution in [3.8, 4) is 17.2 Å². The third-order valence-electron chi connectivity index (χ3n) is 3.77. The summed E-state index contributed by atoms with van der Waals surface area (Å²) in [5.74, 6) is 2.49. The number of halogens is 1. The summed E-state index contributed by atoms with van der Waals surface area (Å²) in [7, 11) is 6.99. The summed E-state index contributed by atoms with van der Waals surface area (Å²) in [4.78, 5) is 2.22. The fraction of sp³-hybridized carbons (Fsp3) is 0.571. The monoisotopic (exact) mass is 394 g/mol. The van der Waals surface area contributed by atoms with E-state index in [1.165, 1.54) is 0 Å². The van der Waals surface area contributed by atoms with Crippen LogP contribution in [0.2, 0.25) is 0 Å². The first-order chi connectivity index (χ1) is 9.65. The summed E-state index contributed by atoms with van der Waals surface area (Å²) in [5, 5.41) is 0. The van der Waals surface area contributed by atoms with Crippen molar-refractivity contribution in [2.45, 2.75) is 16.4 Å². The van der Waals surface area contributed by atoms with E-state index in [4.69, 9.17) is 14.2 Å². The number of likely N-dealkylation sites (N-methyl/N-ethyl adjacent to an activating group) is 1. The number of hydrogen-bond acceptors (Lipinski definition) is 5. The Morgan fingerprint density at radius 3 is 2.20 bits per heavy atom. The zero-order chi connectivity index (χ0) is 14.7. The summed E-state index contributed by atoms with van der Waals surface area (Å²) < 4.78 is 26.3. The summed E-state index contributed by atoms with van der Waals surface area (Å²) in [5.41, 5.74) is 1.04. The van der Waals surface area contributed by atoms with Crippen LogP contribution in [-0.4, -0.2) is 47.3 Å². The molecule has 1 aromatic rings. The van der Waals surface area contributed by atoms with Crippen LogP contribution in [0.25, 0.3) is 0 Å². The van der Waals surface area contributed by atoms with Crippen LogP contribution in [0.15, 0.2) is 12.1 Å². The molecule has 0 aliphatic carbocycles. The molecule has 1 aliphatic rings. The van der Waals surface area contributed by atoms with Gasteiger partial charge in [0.1, 0.15) is 0 Å². The molecule has 114 valence electrons. The molecule has 20 heavy (non-hydrogen) atoms. The molecule has 0 spiro atoms. The summed E-state index contributed by atoms with van der Waals surface area (Å²) >= 11 is -0.867. The third-order valence-corrected chi connectivity index (χ3v) is 6.16. The quantitative estimate of drug-likeness (QED) is 0.373. The van der Waals surface area contributed by atoms with Crippen LogP contribution in [0.5, 0.6) is 17.2 Å². The van der Waals surface area contributed by atoms with E-state index in [-0.39, 0.29) is 9.97 Å². The predicted molar refractivity (Wildman–Crippen MR) is 72.1 cm³/mol. The van der Waals surface area contributed by atoms with Crippen molar-refractivity contribution in [2.24, 2.45) is 0 Å². The van der Waals surface area contributed by atoms with Gasteiger partial charge in [-0.3, -0.25) is 0 Å². The van der Waals surface area contributed by atoms with Crippen molar-refractivity contribution in [2.75, 3.05) is 34.9 Å². The van der Waals surface area contributed by atoms with Crippen molar-refractivity contribution < 1.29 is 39.3 Å². The number of alkyl halides is 1. The van der Waals surface area contributed by atoms with E-state index in [2.05, 4.69) is 11.9 Å². The average molecular weight is 394 g/mol. The van der Waals surface area contributed by atoms with Gasteiger partial charge in [0.25, 0.3) is 0 Å². The van der Waals surface area contributed by atoms with Gasteiger partial charge >= 0.3 is 130 Å². The first kappa shape index (κ1) is 15.7. The minimum absolute atomic E-state index is 0.199. The minimum atomic E-state index is -0.867. The fourth-order valence-corrected chi connectivity index (χ4v) is 4.54. The van der Waals surface area contributed by atoms with Crippen molar-refractivity contribution >= 4 is 0 Å². The number of hydrogen-bond donors (Lipinski definition) is 1. The molecular formula is C14H21INO4-. The number of ether oxygens (including phenoxy) is 3. The fourth-order valence-electron chi connectivity index (χ4n) is 2.73. The second kappa shape index (κ2) is 6.82. The van der Waals surface area contributed by atoms with E-state index in [0.29, 0.717) is 5.75 Å². The van der Waals surface area contributed by atoms with E-state index in [1.807, 2.05) is 12.1 Å². The number of likely N-dealkylation sites (tertiary alicyclic amines) is 1. The molecule has 1 aliphatic heterocycles. The van der Waals surface area contributed by atoms with Crippen LogP contribution < -0.4 is 35.8 Å². The standard InChI is InChI=1S/C14H21INO4/c1-16-6-5-10(14(16)15-17)13-11(19-3)7-9(18-2)8-12(13)20-4/h7-8,10,14,17H,5-6H2,1-4H3/q-1/t10-,14+/m0/s1. The van der Waals surface area contributed by atoms with Gasteiger partial charge in [0.15, 0.2) is 0 Å². The summed E-state index contributed by atoms with van der Waals surface area (Å²) in [6.07, 6.45) is 1.00. The van der Waals surface area contributed by atoms with Crippen molar-refractivity contribution in [3.05, 3.63) is 17.7 Å². The molecule has 1 aromatic carbocycles. The molecule has 1 heterocycles. The number of nitrogens with zero attached hydrogens (tertiary/aromatic N) is 1. The maximum atomic E-state index is 9.76. The molecule has 0 bridgehead atoms. The molecule has 0 unspecified atom stereocenters. The van der Waals surface area contributed by atoms with E-state index in [1.54, 1.807) is 21.3 Å². The molecule has 1 saturated heterocycles. The molecule has 1 N–H and O–H groups in total. The third kappa shape index (κ3) is 2.82. The van der Waals surface area contributed by atoms with E-state index in [9.17, 15) is 3.44 Å². The molecule has 0 saturated carbocycles. The molecule has 0 aromatic heterocycles. The Labute approximate surface area is 130 Å². The van der Waals surface area contributed by atoms with Gasteiger partial charge in [0, 0.05) is 0 Å². The Kier molecular flexibility index (Phi) is 5.34. The molecule has 2 atom stereocenters. The van der Waals surface area contributed by atoms with Gasteiger partial charge in [-0.2, -0.15) is 0 Å². The van der Waals surface area contributed by atoms with Crippen LogP contribution in [-0.2, 0) is 0 Å². The van der Waals surface area contributed by atoms with Crippen molar-refractivity contribution in [3.63, 3.8) is 0 Å². The predicted octanol–water partition coefficient (Wildman–Crippen LogP) is -1.55. The Bertz CT molecular complexity index is 443. The zero-order valence-corrected chi connectivity index (χ0v) is 14.4. The topological polar surface area (TPSA) is 51.2 Å². The number of benzene rings is 1. The van der Waals surface area contributed by atoms with Crippen molar-refractivity contribution in [1.82, 2.24) is 4.90 Å². The van der Waals surface area contributed by atoms with E-state index in [0.717, 1.165) is 30.0 Å². The second-order valence-corrected chi connectivity index (χ2v) is 6.62. The average Bonchev–Trinajstić information content (AvgIpc) is 2.85. The Balaban J connectivity index is 2.49. The maximum absolute atomic E-state index is 9.76. The van der Waals surface area contributed by atoms with E-state index >= 15 is 0 Å². The van der Waals surface area contributed by atoms with Crippen LogP contribution in [0.1, 0.15) is 17.9 Å². The first-order valence-corrected chi connectivity index (χ1v) is 8.64. The van der Waals surface area contributed by atoms with Gasteiger partial charge in [-0.25, -0.2) is 0 Å². The Hall–Kier alpha value is -0.730. The molecule has 6 heteroatoms.